The molecule has 2 aromatic heterocycles. The van der Waals surface area contributed by atoms with Crippen molar-refractivity contribution in [2.45, 2.75) is 0 Å². The summed E-state index contributed by atoms with van der Waals surface area (Å²) in [5, 5.41) is 9.85. The molecule has 0 aliphatic rings. The van der Waals surface area contributed by atoms with Crippen LogP contribution in [0.25, 0.3) is 22.3 Å². The van der Waals surface area contributed by atoms with Gasteiger partial charge in [-0.25, -0.2) is 0 Å². The van der Waals surface area contributed by atoms with Crippen LogP contribution in [0.3, 0.4) is 0 Å². The topological polar surface area (TPSA) is 63.3 Å². The number of phenols is 1. The van der Waals surface area contributed by atoms with Gasteiger partial charge in [-0.1, -0.05) is 0 Å². The van der Waals surface area contributed by atoms with Crippen LogP contribution in [0.5, 0.6) is 5.75 Å². The lowest BCUT2D eigenvalue weighted by atomic mass is 10.1. The van der Waals surface area contributed by atoms with Crippen LogP contribution in [0.2, 0.25) is 0 Å². The van der Waals surface area contributed by atoms with E-state index in [1.807, 2.05) is 0 Å². The van der Waals surface area contributed by atoms with Crippen molar-refractivity contribution in [2.75, 3.05) is 0 Å². The smallest absolute Gasteiger partial charge is 0.193 e. The first-order chi connectivity index (χ1) is 8.74. The molecule has 18 heavy (non-hydrogen) atoms. The van der Waals surface area contributed by atoms with E-state index < -0.39 is 0 Å². The van der Waals surface area contributed by atoms with Crippen LogP contribution >= 0.6 is 0 Å². The van der Waals surface area contributed by atoms with Crippen molar-refractivity contribution in [1.29, 1.82) is 0 Å². The molecule has 4 nitrogen and oxygen atoms in total. The highest BCUT2D eigenvalue weighted by Gasteiger charge is 2.07. The van der Waals surface area contributed by atoms with Crippen molar-refractivity contribution in [3.63, 3.8) is 0 Å². The van der Waals surface area contributed by atoms with E-state index in [4.69, 9.17) is 4.42 Å². The van der Waals surface area contributed by atoms with Crippen LogP contribution in [-0.2, 0) is 0 Å². The largest absolute Gasteiger partial charge is 0.508 e. The molecule has 0 atom stereocenters. The van der Waals surface area contributed by atoms with Gasteiger partial charge in [-0.15, -0.1) is 0 Å². The molecule has 88 valence electrons. The van der Waals surface area contributed by atoms with E-state index in [1.54, 1.807) is 30.6 Å². The first-order valence-electron chi connectivity index (χ1n) is 5.41. The summed E-state index contributed by atoms with van der Waals surface area (Å²) in [6.07, 6.45) is 3.27. The molecule has 0 saturated carbocycles. The van der Waals surface area contributed by atoms with E-state index >= 15 is 0 Å². The zero-order valence-corrected chi connectivity index (χ0v) is 9.33. The number of rotatable bonds is 1. The van der Waals surface area contributed by atoms with Crippen LogP contribution in [0.15, 0.2) is 58.0 Å². The SMILES string of the molecule is O=c1cc(-c2cccnc2)oc2cc(O)ccc12. The second-order valence-electron chi connectivity index (χ2n) is 3.90. The van der Waals surface area contributed by atoms with Crippen molar-refractivity contribution in [1.82, 2.24) is 4.98 Å². The Balaban J connectivity index is 2.30. The number of aromatic hydroxyl groups is 1. The molecular formula is C14H9NO3. The molecule has 0 radical (unpaired) electrons. The predicted molar refractivity (Wildman–Crippen MR) is 67.4 cm³/mol. The second-order valence-corrected chi connectivity index (χ2v) is 3.90. The van der Waals surface area contributed by atoms with Gasteiger partial charge in [0.25, 0.3) is 0 Å². The predicted octanol–water partition coefficient (Wildman–Crippen LogP) is 2.56. The lowest BCUT2D eigenvalue weighted by Gasteiger charge is -2.02. The van der Waals surface area contributed by atoms with Gasteiger partial charge in [-0.3, -0.25) is 9.78 Å². The average molecular weight is 239 g/mol. The number of pyridine rings is 1. The van der Waals surface area contributed by atoms with E-state index in [9.17, 15) is 9.90 Å². The summed E-state index contributed by atoms with van der Waals surface area (Å²) in [5.41, 5.74) is 0.941. The van der Waals surface area contributed by atoms with E-state index in [0.717, 1.165) is 5.56 Å². The quantitative estimate of drug-likeness (QED) is 0.708. The van der Waals surface area contributed by atoms with Gasteiger partial charge in [-0.2, -0.15) is 0 Å². The Morgan fingerprint density at radius 3 is 2.83 bits per heavy atom. The highest BCUT2D eigenvalue weighted by Crippen LogP contribution is 2.23. The first kappa shape index (κ1) is 10.5. The number of fused-ring (bicyclic) bond motifs is 1. The summed E-state index contributed by atoms with van der Waals surface area (Å²) in [5.74, 6) is 0.500. The number of nitrogens with zero attached hydrogens (tertiary/aromatic N) is 1. The third-order valence-electron chi connectivity index (χ3n) is 2.66. The number of hydrogen-bond acceptors (Lipinski definition) is 4. The minimum atomic E-state index is -0.143. The van der Waals surface area contributed by atoms with Crippen LogP contribution in [0.1, 0.15) is 0 Å². The van der Waals surface area contributed by atoms with Crippen LogP contribution in [0, 0.1) is 0 Å². The van der Waals surface area contributed by atoms with E-state index in [0.29, 0.717) is 16.7 Å². The molecule has 0 fully saturated rings. The van der Waals surface area contributed by atoms with Gasteiger partial charge in [0, 0.05) is 30.1 Å². The van der Waals surface area contributed by atoms with Crippen molar-refractivity contribution in [3.05, 3.63) is 59.0 Å². The zero-order valence-electron chi connectivity index (χ0n) is 9.33. The summed E-state index contributed by atoms with van der Waals surface area (Å²) in [4.78, 5) is 15.9. The maximum atomic E-state index is 11.9. The van der Waals surface area contributed by atoms with Gasteiger partial charge in [0.1, 0.15) is 17.1 Å². The molecular weight excluding hydrogens is 230 g/mol. The molecule has 1 aromatic carbocycles. The number of hydrogen-bond donors (Lipinski definition) is 1. The van der Waals surface area contributed by atoms with Gasteiger partial charge in [0.2, 0.25) is 0 Å². The molecule has 0 saturated heterocycles. The Bertz CT molecular complexity index is 763. The number of phenolic OH excluding ortho intramolecular Hbond substituents is 1. The molecule has 0 aliphatic carbocycles. The fourth-order valence-corrected chi connectivity index (χ4v) is 1.79. The fourth-order valence-electron chi connectivity index (χ4n) is 1.79. The van der Waals surface area contributed by atoms with Crippen molar-refractivity contribution >= 4 is 11.0 Å². The highest BCUT2D eigenvalue weighted by molar-refractivity contribution is 5.79. The minimum Gasteiger partial charge on any atom is -0.508 e. The summed E-state index contributed by atoms with van der Waals surface area (Å²) in [6, 6.07) is 9.43. The molecule has 2 heterocycles. The lowest BCUT2D eigenvalue weighted by molar-refractivity contribution is 0.474. The average Bonchev–Trinajstić information content (AvgIpc) is 2.39. The molecule has 0 amide bonds. The van der Waals surface area contributed by atoms with E-state index in [-0.39, 0.29) is 11.2 Å². The van der Waals surface area contributed by atoms with Gasteiger partial charge in [0.05, 0.1) is 5.39 Å². The molecule has 0 unspecified atom stereocenters. The third-order valence-corrected chi connectivity index (χ3v) is 2.66. The third kappa shape index (κ3) is 1.73. The van der Waals surface area contributed by atoms with Gasteiger partial charge >= 0.3 is 0 Å². The van der Waals surface area contributed by atoms with Crippen molar-refractivity contribution in [2.24, 2.45) is 0 Å². The van der Waals surface area contributed by atoms with Gasteiger partial charge in [-0.05, 0) is 24.3 Å². The zero-order chi connectivity index (χ0) is 12.5. The standard InChI is InChI=1S/C14H9NO3/c16-10-3-4-11-12(17)7-13(18-14(11)6-10)9-2-1-5-15-8-9/h1-8,16H. The normalized spacial score (nSPS) is 10.7. The van der Waals surface area contributed by atoms with Crippen LogP contribution in [-0.4, -0.2) is 10.1 Å². The Labute approximate surface area is 102 Å². The molecule has 0 spiro atoms. The Morgan fingerprint density at radius 1 is 1.17 bits per heavy atom. The number of aromatic nitrogens is 1. The maximum absolute atomic E-state index is 11.9. The van der Waals surface area contributed by atoms with Crippen molar-refractivity contribution < 1.29 is 9.52 Å². The Morgan fingerprint density at radius 2 is 2.06 bits per heavy atom. The molecule has 3 rings (SSSR count). The highest BCUT2D eigenvalue weighted by atomic mass is 16.3. The fraction of sp³-hybridized carbons (Fsp3) is 0. The van der Waals surface area contributed by atoms with E-state index in [2.05, 4.69) is 4.98 Å². The lowest BCUT2D eigenvalue weighted by Crippen LogP contribution is -2.00. The van der Waals surface area contributed by atoms with E-state index in [1.165, 1.54) is 18.2 Å². The number of benzene rings is 1. The molecule has 0 bridgehead atoms. The summed E-state index contributed by atoms with van der Waals surface area (Å²) in [7, 11) is 0. The van der Waals surface area contributed by atoms with Gasteiger partial charge < -0.3 is 9.52 Å². The van der Waals surface area contributed by atoms with Crippen molar-refractivity contribution in [3.8, 4) is 17.1 Å². The Kier molecular flexibility index (Phi) is 2.34. The Hall–Kier alpha value is -2.62. The monoisotopic (exact) mass is 239 g/mol. The van der Waals surface area contributed by atoms with Crippen LogP contribution < -0.4 is 5.43 Å². The summed E-state index contributed by atoms with van der Waals surface area (Å²) in [6.45, 7) is 0. The minimum absolute atomic E-state index is 0.0639. The molecule has 1 N–H and O–H groups in total. The van der Waals surface area contributed by atoms with Gasteiger partial charge in [0.15, 0.2) is 5.43 Å². The molecule has 3 aromatic rings. The summed E-state index contributed by atoms with van der Waals surface area (Å²) < 4.78 is 5.61. The van der Waals surface area contributed by atoms with Crippen LogP contribution in [0.4, 0.5) is 0 Å². The summed E-state index contributed by atoms with van der Waals surface area (Å²) >= 11 is 0. The molecule has 0 aliphatic heterocycles. The maximum Gasteiger partial charge on any atom is 0.193 e. The second kappa shape index (κ2) is 4.00. The molecule has 4 heteroatoms. The first-order valence-corrected chi connectivity index (χ1v) is 5.41.